The van der Waals surface area contributed by atoms with E-state index in [2.05, 4.69) is 0 Å². The second kappa shape index (κ2) is 7.26. The van der Waals surface area contributed by atoms with Crippen molar-refractivity contribution in [3.8, 4) is 0 Å². The van der Waals surface area contributed by atoms with Crippen LogP contribution in [-0.4, -0.2) is 36.0 Å². The Kier molecular flexibility index (Phi) is 6.75. The Hall–Kier alpha value is -1.06. The van der Waals surface area contributed by atoms with Gasteiger partial charge < -0.3 is 9.64 Å². The number of esters is 1. The zero-order chi connectivity index (χ0) is 11.8. The summed E-state index contributed by atoms with van der Waals surface area (Å²) in [5, 5.41) is 0. The molecule has 88 valence electrons. The van der Waals surface area contributed by atoms with E-state index >= 15 is 0 Å². The van der Waals surface area contributed by atoms with Crippen LogP contribution >= 0.6 is 0 Å². The molecule has 0 aliphatic rings. The summed E-state index contributed by atoms with van der Waals surface area (Å²) in [4.78, 5) is 23.7. The van der Waals surface area contributed by atoms with E-state index in [1.165, 1.54) is 0 Å². The third-order valence-corrected chi connectivity index (χ3v) is 2.01. The van der Waals surface area contributed by atoms with Gasteiger partial charge in [-0.15, -0.1) is 0 Å². The van der Waals surface area contributed by atoms with Crippen LogP contribution in [0.2, 0.25) is 0 Å². The standard InChI is InChI=1S/C11H21NO3/c1-5-6-12(8-13)10(4)7-11(14)15-9(2)3/h8-10H,5-7H2,1-4H3. The number of nitrogens with zero attached hydrogens (tertiary/aromatic N) is 1. The molecule has 0 aliphatic carbocycles. The molecule has 0 saturated carbocycles. The van der Waals surface area contributed by atoms with Crippen molar-refractivity contribution in [2.75, 3.05) is 6.54 Å². The van der Waals surface area contributed by atoms with E-state index in [9.17, 15) is 9.59 Å². The van der Waals surface area contributed by atoms with Gasteiger partial charge in [0, 0.05) is 12.6 Å². The summed E-state index contributed by atoms with van der Waals surface area (Å²) < 4.78 is 5.01. The SMILES string of the molecule is CCCN(C=O)C(C)CC(=O)OC(C)C. The molecule has 0 saturated heterocycles. The Morgan fingerprint density at radius 2 is 2.00 bits per heavy atom. The van der Waals surface area contributed by atoms with Crippen molar-refractivity contribution >= 4 is 12.4 Å². The molecule has 0 aliphatic heterocycles. The Morgan fingerprint density at radius 3 is 2.40 bits per heavy atom. The van der Waals surface area contributed by atoms with Gasteiger partial charge in [-0.05, 0) is 27.2 Å². The summed E-state index contributed by atoms with van der Waals surface area (Å²) in [7, 11) is 0. The van der Waals surface area contributed by atoms with Gasteiger partial charge in [-0.3, -0.25) is 9.59 Å². The Labute approximate surface area is 91.6 Å². The van der Waals surface area contributed by atoms with Crippen LogP contribution < -0.4 is 0 Å². The van der Waals surface area contributed by atoms with Crippen LogP contribution in [0.25, 0.3) is 0 Å². The summed E-state index contributed by atoms with van der Waals surface area (Å²) in [5.74, 6) is -0.250. The highest BCUT2D eigenvalue weighted by Crippen LogP contribution is 2.05. The largest absolute Gasteiger partial charge is 0.463 e. The van der Waals surface area contributed by atoms with Crippen molar-refractivity contribution in [3.63, 3.8) is 0 Å². The lowest BCUT2D eigenvalue weighted by atomic mass is 10.2. The molecule has 4 heteroatoms. The smallest absolute Gasteiger partial charge is 0.308 e. The number of ether oxygens (including phenoxy) is 1. The van der Waals surface area contributed by atoms with Crippen LogP contribution in [0, 0.1) is 0 Å². The minimum atomic E-state index is -0.250. The second-order valence-electron chi connectivity index (χ2n) is 3.93. The maximum atomic E-state index is 11.3. The van der Waals surface area contributed by atoms with Crippen molar-refractivity contribution in [1.29, 1.82) is 0 Å². The lowest BCUT2D eigenvalue weighted by Crippen LogP contribution is -2.34. The summed E-state index contributed by atoms with van der Waals surface area (Å²) in [6.07, 6.45) is 1.84. The van der Waals surface area contributed by atoms with Crippen molar-refractivity contribution in [2.24, 2.45) is 0 Å². The van der Waals surface area contributed by atoms with Gasteiger partial charge in [0.25, 0.3) is 0 Å². The molecule has 0 heterocycles. The van der Waals surface area contributed by atoms with E-state index in [1.807, 2.05) is 27.7 Å². The minimum Gasteiger partial charge on any atom is -0.463 e. The third-order valence-electron chi connectivity index (χ3n) is 2.01. The minimum absolute atomic E-state index is 0.0892. The summed E-state index contributed by atoms with van der Waals surface area (Å²) in [5.41, 5.74) is 0. The molecule has 4 nitrogen and oxygen atoms in total. The van der Waals surface area contributed by atoms with E-state index in [4.69, 9.17) is 4.74 Å². The summed E-state index contributed by atoms with van der Waals surface area (Å²) in [6, 6.07) is -0.0892. The van der Waals surface area contributed by atoms with Gasteiger partial charge in [0.05, 0.1) is 12.5 Å². The average molecular weight is 215 g/mol. The maximum Gasteiger partial charge on any atom is 0.308 e. The number of rotatable bonds is 7. The highest BCUT2D eigenvalue weighted by Gasteiger charge is 2.16. The number of carbonyl (C=O) groups excluding carboxylic acids is 2. The van der Waals surface area contributed by atoms with Gasteiger partial charge in [0.2, 0.25) is 6.41 Å². The van der Waals surface area contributed by atoms with E-state index in [0.29, 0.717) is 6.54 Å². The van der Waals surface area contributed by atoms with Gasteiger partial charge in [-0.2, -0.15) is 0 Å². The molecule has 0 spiro atoms. The predicted molar refractivity (Wildman–Crippen MR) is 58.4 cm³/mol. The van der Waals surface area contributed by atoms with Crippen molar-refractivity contribution < 1.29 is 14.3 Å². The zero-order valence-corrected chi connectivity index (χ0v) is 10.0. The van der Waals surface area contributed by atoms with Crippen molar-refractivity contribution in [1.82, 2.24) is 4.90 Å². The normalized spacial score (nSPS) is 12.3. The molecule has 0 N–H and O–H groups in total. The zero-order valence-electron chi connectivity index (χ0n) is 10.0. The molecule has 1 atom stereocenters. The predicted octanol–water partition coefficient (Wildman–Crippen LogP) is 1.58. The van der Waals surface area contributed by atoms with Crippen LogP contribution in [0.5, 0.6) is 0 Å². The first kappa shape index (κ1) is 13.9. The number of hydrogen-bond donors (Lipinski definition) is 0. The quantitative estimate of drug-likeness (QED) is 0.478. The average Bonchev–Trinajstić information content (AvgIpc) is 2.12. The first-order valence-corrected chi connectivity index (χ1v) is 5.41. The second-order valence-corrected chi connectivity index (χ2v) is 3.93. The van der Waals surface area contributed by atoms with Crippen LogP contribution in [0.1, 0.15) is 40.5 Å². The number of carbonyl (C=O) groups is 2. The maximum absolute atomic E-state index is 11.3. The van der Waals surface area contributed by atoms with Crippen LogP contribution in [0.15, 0.2) is 0 Å². The molecule has 0 aromatic carbocycles. The van der Waals surface area contributed by atoms with Gasteiger partial charge >= 0.3 is 5.97 Å². The molecule has 15 heavy (non-hydrogen) atoms. The van der Waals surface area contributed by atoms with Crippen LogP contribution in [0.3, 0.4) is 0 Å². The Morgan fingerprint density at radius 1 is 1.40 bits per heavy atom. The topological polar surface area (TPSA) is 46.6 Å². The Bertz CT molecular complexity index is 204. The van der Waals surface area contributed by atoms with Gasteiger partial charge in [0.1, 0.15) is 0 Å². The molecule has 0 aromatic heterocycles. The molecule has 1 unspecified atom stereocenters. The first-order chi connectivity index (χ1) is 7.01. The highest BCUT2D eigenvalue weighted by molar-refractivity contribution is 5.70. The van der Waals surface area contributed by atoms with Crippen LogP contribution in [0.4, 0.5) is 0 Å². The number of hydrogen-bond acceptors (Lipinski definition) is 3. The fourth-order valence-electron chi connectivity index (χ4n) is 1.30. The Balaban J connectivity index is 4.03. The first-order valence-electron chi connectivity index (χ1n) is 5.41. The lowest BCUT2D eigenvalue weighted by Gasteiger charge is -2.24. The van der Waals surface area contributed by atoms with Crippen molar-refractivity contribution in [2.45, 2.75) is 52.7 Å². The molecular formula is C11H21NO3. The van der Waals surface area contributed by atoms with Gasteiger partial charge in [0.15, 0.2) is 0 Å². The molecule has 0 radical (unpaired) electrons. The van der Waals surface area contributed by atoms with E-state index in [1.54, 1.807) is 4.90 Å². The van der Waals surface area contributed by atoms with Gasteiger partial charge in [-0.1, -0.05) is 6.92 Å². The highest BCUT2D eigenvalue weighted by atomic mass is 16.5. The molecule has 0 bridgehead atoms. The fraction of sp³-hybridized carbons (Fsp3) is 0.818. The fourth-order valence-corrected chi connectivity index (χ4v) is 1.30. The molecular weight excluding hydrogens is 194 g/mol. The van der Waals surface area contributed by atoms with E-state index in [-0.39, 0.29) is 24.5 Å². The molecule has 0 rings (SSSR count). The summed E-state index contributed by atoms with van der Waals surface area (Å²) in [6.45, 7) is 8.15. The molecule has 0 aromatic rings. The van der Waals surface area contributed by atoms with E-state index < -0.39 is 0 Å². The van der Waals surface area contributed by atoms with Crippen molar-refractivity contribution in [3.05, 3.63) is 0 Å². The van der Waals surface area contributed by atoms with Gasteiger partial charge in [-0.25, -0.2) is 0 Å². The van der Waals surface area contributed by atoms with E-state index in [0.717, 1.165) is 12.8 Å². The van der Waals surface area contributed by atoms with Crippen LogP contribution in [-0.2, 0) is 14.3 Å². The molecule has 1 amide bonds. The third kappa shape index (κ3) is 6.10. The lowest BCUT2D eigenvalue weighted by molar-refractivity contribution is -0.148. The summed E-state index contributed by atoms with van der Waals surface area (Å²) >= 11 is 0. The monoisotopic (exact) mass is 215 g/mol. The molecule has 0 fully saturated rings. The number of amides is 1.